The Morgan fingerprint density at radius 2 is 2.10 bits per heavy atom. The Bertz CT molecular complexity index is 422. The second-order valence-electron chi connectivity index (χ2n) is 5.87. The van der Waals surface area contributed by atoms with Crippen molar-refractivity contribution >= 4 is 5.95 Å². The summed E-state index contributed by atoms with van der Waals surface area (Å²) in [5.74, 6) is 1.11. The fourth-order valence-electron chi connectivity index (χ4n) is 2.69. The van der Waals surface area contributed by atoms with Crippen molar-refractivity contribution in [3.05, 3.63) is 11.9 Å². The van der Waals surface area contributed by atoms with Gasteiger partial charge in [0.15, 0.2) is 0 Å². The molecule has 0 radical (unpaired) electrons. The number of hydrogen-bond acceptors (Lipinski definition) is 4. The first-order chi connectivity index (χ1) is 9.61. The molecule has 0 aliphatic carbocycles. The molecular weight excluding hydrogens is 252 g/mol. The molecule has 1 aromatic heterocycles. The molecule has 0 bridgehead atoms. The maximum absolute atomic E-state index is 5.20. The van der Waals surface area contributed by atoms with E-state index in [0.29, 0.717) is 0 Å². The molecule has 20 heavy (non-hydrogen) atoms. The summed E-state index contributed by atoms with van der Waals surface area (Å²) in [5, 5.41) is 3.44. The maximum atomic E-state index is 5.20. The molecule has 0 spiro atoms. The second-order valence-corrected chi connectivity index (χ2v) is 5.87. The number of ether oxygens (including phenoxy) is 1. The third-order valence-electron chi connectivity index (χ3n) is 4.46. The Labute approximate surface area is 122 Å². The van der Waals surface area contributed by atoms with Crippen LogP contribution in [0.25, 0.3) is 0 Å². The highest BCUT2D eigenvalue weighted by Crippen LogP contribution is 2.25. The number of imidazole rings is 1. The lowest BCUT2D eigenvalue weighted by atomic mass is 9.90. The Kier molecular flexibility index (Phi) is 5.05. The zero-order valence-corrected chi connectivity index (χ0v) is 13.3. The van der Waals surface area contributed by atoms with E-state index in [9.17, 15) is 0 Å². The molecule has 0 saturated carbocycles. The Hall–Kier alpha value is -1.07. The van der Waals surface area contributed by atoms with E-state index >= 15 is 0 Å². The summed E-state index contributed by atoms with van der Waals surface area (Å²) >= 11 is 0. The molecule has 5 nitrogen and oxygen atoms in total. The van der Waals surface area contributed by atoms with Crippen LogP contribution in [-0.2, 0) is 17.7 Å². The van der Waals surface area contributed by atoms with Crippen LogP contribution in [0.1, 0.15) is 32.4 Å². The summed E-state index contributed by atoms with van der Waals surface area (Å²) in [7, 11) is 3.81. The van der Waals surface area contributed by atoms with Gasteiger partial charge in [-0.1, -0.05) is 6.92 Å². The predicted molar refractivity (Wildman–Crippen MR) is 82.4 cm³/mol. The van der Waals surface area contributed by atoms with Gasteiger partial charge in [0.05, 0.1) is 12.3 Å². The molecule has 0 unspecified atom stereocenters. The molecule has 2 heterocycles. The summed E-state index contributed by atoms with van der Waals surface area (Å²) < 4.78 is 7.44. The summed E-state index contributed by atoms with van der Waals surface area (Å²) in [4.78, 5) is 7.20. The summed E-state index contributed by atoms with van der Waals surface area (Å²) in [5.41, 5.74) is 1.44. The van der Waals surface area contributed by atoms with E-state index < -0.39 is 0 Å². The quantitative estimate of drug-likeness (QED) is 0.861. The number of nitrogens with one attached hydrogen (secondary N) is 1. The van der Waals surface area contributed by atoms with Crippen LogP contribution in [0.2, 0.25) is 0 Å². The predicted octanol–water partition coefficient (Wildman–Crippen LogP) is 1.67. The number of hydrogen-bond donors (Lipinski definition) is 1. The van der Waals surface area contributed by atoms with Gasteiger partial charge in [-0.05, 0) is 33.2 Å². The number of aromatic nitrogens is 2. The topological polar surface area (TPSA) is 42.3 Å². The lowest BCUT2D eigenvalue weighted by Crippen LogP contribution is -2.50. The molecule has 1 aliphatic heterocycles. The Balaban J connectivity index is 2.10. The van der Waals surface area contributed by atoms with Gasteiger partial charge in [0.2, 0.25) is 5.95 Å². The van der Waals surface area contributed by atoms with Crippen LogP contribution >= 0.6 is 0 Å². The number of aryl methyl sites for hydroxylation is 1. The van der Waals surface area contributed by atoms with Gasteiger partial charge < -0.3 is 19.5 Å². The standard InChI is InChI=1S/C15H28N4O/c1-5-13-12-19(10-11-20-4)14(17-13)18-8-6-15(2,16-3)7-9-18/h12,16H,5-11H2,1-4H3. The molecule has 1 aromatic rings. The van der Waals surface area contributed by atoms with Crippen molar-refractivity contribution in [2.75, 3.05) is 38.8 Å². The summed E-state index contributed by atoms with van der Waals surface area (Å²) in [6, 6.07) is 0. The van der Waals surface area contributed by atoms with Gasteiger partial charge in [-0.25, -0.2) is 4.98 Å². The van der Waals surface area contributed by atoms with E-state index in [1.54, 1.807) is 7.11 Å². The van der Waals surface area contributed by atoms with Crippen LogP contribution in [0.4, 0.5) is 5.95 Å². The van der Waals surface area contributed by atoms with Crippen molar-refractivity contribution in [3.63, 3.8) is 0 Å². The average molecular weight is 280 g/mol. The van der Waals surface area contributed by atoms with Crippen molar-refractivity contribution in [3.8, 4) is 0 Å². The number of piperidine rings is 1. The minimum Gasteiger partial charge on any atom is -0.383 e. The van der Waals surface area contributed by atoms with Crippen molar-refractivity contribution in [1.29, 1.82) is 0 Å². The van der Waals surface area contributed by atoms with Crippen LogP contribution in [0, 0.1) is 0 Å². The van der Waals surface area contributed by atoms with Crippen LogP contribution < -0.4 is 10.2 Å². The van der Waals surface area contributed by atoms with Crippen molar-refractivity contribution in [2.45, 2.75) is 45.2 Å². The van der Waals surface area contributed by atoms with E-state index in [1.165, 1.54) is 0 Å². The first-order valence-electron chi connectivity index (χ1n) is 7.60. The zero-order chi connectivity index (χ0) is 14.6. The molecule has 1 saturated heterocycles. The number of nitrogens with zero attached hydrogens (tertiary/aromatic N) is 3. The fourth-order valence-corrected chi connectivity index (χ4v) is 2.69. The zero-order valence-electron chi connectivity index (χ0n) is 13.3. The van der Waals surface area contributed by atoms with Crippen LogP contribution in [0.5, 0.6) is 0 Å². The van der Waals surface area contributed by atoms with Crippen molar-refractivity contribution < 1.29 is 4.74 Å². The number of methoxy groups -OCH3 is 1. The van der Waals surface area contributed by atoms with Gasteiger partial charge in [-0.2, -0.15) is 0 Å². The minimum atomic E-state index is 0.272. The Morgan fingerprint density at radius 1 is 1.40 bits per heavy atom. The number of anilines is 1. The molecular formula is C15H28N4O. The van der Waals surface area contributed by atoms with E-state index in [-0.39, 0.29) is 5.54 Å². The van der Waals surface area contributed by atoms with Gasteiger partial charge in [-0.15, -0.1) is 0 Å². The monoisotopic (exact) mass is 280 g/mol. The van der Waals surface area contributed by atoms with Crippen molar-refractivity contribution in [2.24, 2.45) is 0 Å². The van der Waals surface area contributed by atoms with E-state index in [1.807, 2.05) is 0 Å². The molecule has 1 aliphatic rings. The van der Waals surface area contributed by atoms with Crippen molar-refractivity contribution in [1.82, 2.24) is 14.9 Å². The minimum absolute atomic E-state index is 0.272. The number of rotatable bonds is 6. The van der Waals surface area contributed by atoms with E-state index in [0.717, 1.165) is 57.1 Å². The highest BCUT2D eigenvalue weighted by atomic mass is 16.5. The second kappa shape index (κ2) is 6.59. The largest absolute Gasteiger partial charge is 0.383 e. The third-order valence-corrected chi connectivity index (χ3v) is 4.46. The van der Waals surface area contributed by atoms with Gasteiger partial charge in [0, 0.05) is 38.5 Å². The maximum Gasteiger partial charge on any atom is 0.205 e. The first kappa shape index (κ1) is 15.3. The molecule has 2 rings (SSSR count). The Morgan fingerprint density at radius 3 is 2.65 bits per heavy atom. The average Bonchev–Trinajstić information content (AvgIpc) is 2.89. The SMILES string of the molecule is CCc1cn(CCOC)c(N2CCC(C)(NC)CC2)n1. The van der Waals surface area contributed by atoms with E-state index in [4.69, 9.17) is 9.72 Å². The molecule has 1 fully saturated rings. The molecule has 5 heteroatoms. The highest BCUT2D eigenvalue weighted by molar-refractivity contribution is 5.35. The van der Waals surface area contributed by atoms with Crippen LogP contribution in [-0.4, -0.2) is 48.9 Å². The normalized spacial score (nSPS) is 18.5. The summed E-state index contributed by atoms with van der Waals surface area (Å²) in [6.07, 6.45) is 5.46. The molecule has 114 valence electrons. The molecule has 0 atom stereocenters. The van der Waals surface area contributed by atoms with Gasteiger partial charge in [0.1, 0.15) is 0 Å². The first-order valence-corrected chi connectivity index (χ1v) is 7.60. The van der Waals surface area contributed by atoms with Crippen LogP contribution in [0.3, 0.4) is 0 Å². The van der Waals surface area contributed by atoms with Crippen LogP contribution in [0.15, 0.2) is 6.20 Å². The highest BCUT2D eigenvalue weighted by Gasteiger charge is 2.30. The third kappa shape index (κ3) is 3.33. The molecule has 0 amide bonds. The lowest BCUT2D eigenvalue weighted by molar-refractivity contribution is 0.187. The molecule has 1 N–H and O–H groups in total. The summed E-state index contributed by atoms with van der Waals surface area (Å²) in [6.45, 7) is 8.18. The molecule has 0 aromatic carbocycles. The fraction of sp³-hybridized carbons (Fsp3) is 0.800. The van der Waals surface area contributed by atoms with Gasteiger partial charge >= 0.3 is 0 Å². The van der Waals surface area contributed by atoms with E-state index in [2.05, 4.69) is 41.9 Å². The van der Waals surface area contributed by atoms with Gasteiger partial charge in [0.25, 0.3) is 0 Å². The lowest BCUT2D eigenvalue weighted by Gasteiger charge is -2.39. The smallest absolute Gasteiger partial charge is 0.205 e. The van der Waals surface area contributed by atoms with Gasteiger partial charge in [-0.3, -0.25) is 0 Å².